The van der Waals surface area contributed by atoms with Crippen LogP contribution in [0.3, 0.4) is 0 Å². The largest absolute Gasteiger partial charge is 0.269 e. The maximum Gasteiger partial charge on any atom is 0.269 e. The molecule has 1 aromatic rings. The highest BCUT2D eigenvalue weighted by Crippen LogP contribution is 2.21. The Morgan fingerprint density at radius 1 is 1.11 bits per heavy atom. The summed E-state index contributed by atoms with van der Waals surface area (Å²) in [5.41, 5.74) is 0.683. The Labute approximate surface area is 109 Å². The quantitative estimate of drug-likeness (QED) is 0.613. The van der Waals surface area contributed by atoms with Crippen molar-refractivity contribution in [2.45, 2.75) is 6.42 Å². The van der Waals surface area contributed by atoms with Crippen molar-refractivity contribution in [1.82, 2.24) is 0 Å². The lowest BCUT2D eigenvalue weighted by molar-refractivity contribution is -0.384. The van der Waals surface area contributed by atoms with Crippen molar-refractivity contribution >= 4 is 33.4 Å². The molecule has 1 aliphatic heterocycles. The summed E-state index contributed by atoms with van der Waals surface area (Å²) in [6, 6.07) is 5.88. The Hall–Kier alpha value is -1.34. The number of non-ortho nitro benzene ring substituents is 1. The van der Waals surface area contributed by atoms with Gasteiger partial charge in [0.05, 0.1) is 26.5 Å². The summed E-state index contributed by atoms with van der Waals surface area (Å²) in [7, 11) is -2.39. The van der Waals surface area contributed by atoms with Crippen LogP contribution in [0.15, 0.2) is 28.5 Å². The normalized spacial score (nSPS) is 23.7. The predicted octanol–water partition coefficient (Wildman–Crippen LogP) is 1.79. The van der Waals surface area contributed by atoms with E-state index in [-0.39, 0.29) is 5.69 Å². The van der Waals surface area contributed by atoms with Gasteiger partial charge in [0.2, 0.25) is 0 Å². The number of hydrogen-bond donors (Lipinski definition) is 0. The van der Waals surface area contributed by atoms with Gasteiger partial charge in [-0.3, -0.25) is 18.5 Å². The monoisotopic (exact) mass is 285 g/mol. The Morgan fingerprint density at radius 2 is 1.67 bits per heavy atom. The van der Waals surface area contributed by atoms with Crippen molar-refractivity contribution in [3.63, 3.8) is 0 Å². The van der Waals surface area contributed by atoms with Crippen LogP contribution in [-0.2, 0) is 21.6 Å². The van der Waals surface area contributed by atoms with E-state index in [1.165, 1.54) is 12.1 Å². The van der Waals surface area contributed by atoms with Gasteiger partial charge in [-0.15, -0.1) is 0 Å². The highest BCUT2D eigenvalue weighted by Gasteiger charge is 2.20. The van der Waals surface area contributed by atoms with Crippen LogP contribution in [0.4, 0.5) is 5.69 Å². The van der Waals surface area contributed by atoms with Crippen LogP contribution in [-0.4, -0.2) is 24.8 Å². The van der Waals surface area contributed by atoms with E-state index in [0.717, 1.165) is 0 Å². The zero-order valence-corrected chi connectivity index (χ0v) is 11.0. The van der Waals surface area contributed by atoms with E-state index >= 15 is 0 Å². The van der Waals surface area contributed by atoms with Gasteiger partial charge in [-0.2, -0.15) is 0 Å². The Balaban J connectivity index is 2.29. The predicted molar refractivity (Wildman–Crippen MR) is 71.7 cm³/mol. The Morgan fingerprint density at radius 3 is 2.17 bits per heavy atom. The third-order valence-corrected chi connectivity index (χ3v) is 6.06. The number of nitro groups is 1. The molecular weight excluding hydrogens is 274 g/mol. The molecule has 2 atom stereocenters. The molecular formula is C11H11NO4S2. The van der Waals surface area contributed by atoms with Crippen molar-refractivity contribution in [2.24, 2.45) is 0 Å². The van der Waals surface area contributed by atoms with Crippen molar-refractivity contribution < 1.29 is 13.3 Å². The fraction of sp³-hybridized carbons (Fsp3) is 0.273. The molecule has 1 aromatic carbocycles. The molecule has 0 radical (unpaired) electrons. The Kier molecular flexibility index (Phi) is 4.03. The summed E-state index contributed by atoms with van der Waals surface area (Å²) in [6.45, 7) is 0. The summed E-state index contributed by atoms with van der Waals surface area (Å²) < 4.78 is 23.9. The van der Waals surface area contributed by atoms with Crippen LogP contribution >= 0.6 is 0 Å². The van der Waals surface area contributed by atoms with Gasteiger partial charge in [0.25, 0.3) is 5.69 Å². The highest BCUT2D eigenvalue weighted by molar-refractivity contribution is 8.09. The average molecular weight is 285 g/mol. The van der Waals surface area contributed by atoms with Crippen molar-refractivity contribution in [1.29, 1.82) is 0 Å². The number of nitrogens with zero attached hydrogens (tertiary/aromatic N) is 1. The van der Waals surface area contributed by atoms with E-state index in [0.29, 0.717) is 27.7 Å². The van der Waals surface area contributed by atoms with Gasteiger partial charge in [0.15, 0.2) is 0 Å². The second-order valence-electron chi connectivity index (χ2n) is 3.76. The van der Waals surface area contributed by atoms with Crippen LogP contribution in [0.25, 0.3) is 6.08 Å². The molecule has 5 nitrogen and oxygen atoms in total. The molecule has 18 heavy (non-hydrogen) atoms. The number of rotatable bonds is 2. The molecule has 96 valence electrons. The minimum absolute atomic E-state index is 0.00281. The first-order valence-corrected chi connectivity index (χ1v) is 7.94. The molecule has 0 N–H and O–H groups in total. The van der Waals surface area contributed by atoms with Crippen LogP contribution in [0.5, 0.6) is 0 Å². The SMILES string of the molecule is O=[N+]([O-])c1ccc(C=C2S(=O)CCCS2=O)cc1. The maximum atomic E-state index is 11.7. The summed E-state index contributed by atoms with van der Waals surface area (Å²) in [6.07, 6.45) is 2.31. The molecule has 0 aliphatic carbocycles. The van der Waals surface area contributed by atoms with Gasteiger partial charge in [-0.25, -0.2) is 0 Å². The molecule has 0 spiro atoms. The van der Waals surface area contributed by atoms with Crippen LogP contribution < -0.4 is 0 Å². The lowest BCUT2D eigenvalue weighted by atomic mass is 10.2. The Bertz CT molecular complexity index is 533. The third-order valence-electron chi connectivity index (χ3n) is 2.50. The summed E-state index contributed by atoms with van der Waals surface area (Å²) >= 11 is 0. The fourth-order valence-corrected chi connectivity index (χ4v) is 4.85. The maximum absolute atomic E-state index is 11.7. The standard InChI is InChI=1S/C11H11NO4S2/c13-12(14)10-4-2-9(3-5-10)8-11-17(15)6-1-7-18(11)16/h2-5,8H,1,6-7H2. The first kappa shape index (κ1) is 13.1. The smallest absolute Gasteiger partial charge is 0.258 e. The van der Waals surface area contributed by atoms with Gasteiger partial charge < -0.3 is 0 Å². The molecule has 1 aliphatic rings. The van der Waals surface area contributed by atoms with Crippen molar-refractivity contribution in [2.75, 3.05) is 11.5 Å². The molecule has 0 bridgehead atoms. The van der Waals surface area contributed by atoms with Crippen LogP contribution in [0, 0.1) is 10.1 Å². The van der Waals surface area contributed by atoms with E-state index < -0.39 is 26.5 Å². The minimum Gasteiger partial charge on any atom is -0.258 e. The lowest BCUT2D eigenvalue weighted by Gasteiger charge is -2.12. The second-order valence-corrected chi connectivity index (χ2v) is 7.10. The van der Waals surface area contributed by atoms with Crippen LogP contribution in [0.2, 0.25) is 0 Å². The third kappa shape index (κ3) is 2.91. The zero-order valence-electron chi connectivity index (χ0n) is 9.40. The van der Waals surface area contributed by atoms with Crippen molar-refractivity contribution in [3.8, 4) is 0 Å². The number of nitro benzene ring substituents is 1. The molecule has 0 aromatic heterocycles. The first-order valence-electron chi connectivity index (χ1n) is 5.31. The van der Waals surface area contributed by atoms with E-state index in [2.05, 4.69) is 0 Å². The molecule has 1 fully saturated rings. The van der Waals surface area contributed by atoms with Gasteiger partial charge in [0.1, 0.15) is 4.24 Å². The molecule has 7 heteroatoms. The number of hydrogen-bond acceptors (Lipinski definition) is 4. The summed E-state index contributed by atoms with van der Waals surface area (Å²) in [5.74, 6) is 1.06. The average Bonchev–Trinajstić information content (AvgIpc) is 2.34. The van der Waals surface area contributed by atoms with E-state index in [4.69, 9.17) is 0 Å². The van der Waals surface area contributed by atoms with Crippen molar-refractivity contribution in [3.05, 3.63) is 44.2 Å². The molecule has 0 amide bonds. The molecule has 2 unspecified atom stereocenters. The van der Waals surface area contributed by atoms with E-state index in [1.54, 1.807) is 18.2 Å². The van der Waals surface area contributed by atoms with Gasteiger partial charge in [-0.1, -0.05) is 0 Å². The fourth-order valence-electron chi connectivity index (χ4n) is 1.59. The van der Waals surface area contributed by atoms with E-state index in [1.807, 2.05) is 0 Å². The molecule has 0 saturated carbocycles. The van der Waals surface area contributed by atoms with Crippen LogP contribution in [0.1, 0.15) is 12.0 Å². The topological polar surface area (TPSA) is 77.3 Å². The lowest BCUT2D eigenvalue weighted by Crippen LogP contribution is -2.16. The minimum atomic E-state index is -1.20. The van der Waals surface area contributed by atoms with E-state index in [9.17, 15) is 18.5 Å². The highest BCUT2D eigenvalue weighted by atomic mass is 32.2. The molecule has 2 rings (SSSR count). The van der Waals surface area contributed by atoms with Gasteiger partial charge >= 0.3 is 0 Å². The zero-order chi connectivity index (χ0) is 13.1. The molecule has 1 heterocycles. The van der Waals surface area contributed by atoms with Gasteiger partial charge in [-0.05, 0) is 30.2 Å². The van der Waals surface area contributed by atoms with Gasteiger partial charge in [0, 0.05) is 23.6 Å². The molecule has 1 saturated heterocycles. The summed E-state index contributed by atoms with van der Waals surface area (Å²) in [5, 5.41) is 10.5. The second kappa shape index (κ2) is 5.53. The first-order chi connectivity index (χ1) is 8.58. The summed E-state index contributed by atoms with van der Waals surface area (Å²) in [4.78, 5) is 10.0. The number of benzene rings is 1.